The van der Waals surface area contributed by atoms with Crippen molar-refractivity contribution in [1.29, 1.82) is 0 Å². The SMILES string of the molecule is CC(=O)N1CCC(=NO)c2cc(Br)ccc21. The first-order valence-electron chi connectivity index (χ1n) is 4.92. The molecule has 1 amide bonds. The number of oxime groups is 1. The number of amides is 1. The number of nitrogens with zero attached hydrogens (tertiary/aromatic N) is 2. The molecule has 0 saturated carbocycles. The Morgan fingerprint density at radius 2 is 2.31 bits per heavy atom. The predicted molar refractivity (Wildman–Crippen MR) is 65.1 cm³/mol. The van der Waals surface area contributed by atoms with E-state index in [9.17, 15) is 4.79 Å². The molecule has 0 bridgehead atoms. The topological polar surface area (TPSA) is 52.9 Å². The summed E-state index contributed by atoms with van der Waals surface area (Å²) in [5.41, 5.74) is 2.22. The highest BCUT2D eigenvalue weighted by atomic mass is 79.9. The van der Waals surface area contributed by atoms with Gasteiger partial charge in [0.2, 0.25) is 5.91 Å². The van der Waals surface area contributed by atoms with Crippen molar-refractivity contribution in [3.63, 3.8) is 0 Å². The summed E-state index contributed by atoms with van der Waals surface area (Å²) in [4.78, 5) is 13.1. The van der Waals surface area contributed by atoms with E-state index in [1.54, 1.807) is 4.90 Å². The number of halogens is 1. The van der Waals surface area contributed by atoms with Gasteiger partial charge < -0.3 is 10.1 Å². The van der Waals surface area contributed by atoms with E-state index in [-0.39, 0.29) is 5.91 Å². The van der Waals surface area contributed by atoms with Crippen molar-refractivity contribution in [3.05, 3.63) is 28.2 Å². The van der Waals surface area contributed by atoms with E-state index < -0.39 is 0 Å². The lowest BCUT2D eigenvalue weighted by Gasteiger charge is -2.28. The van der Waals surface area contributed by atoms with Gasteiger partial charge in [-0.15, -0.1) is 0 Å². The van der Waals surface area contributed by atoms with Crippen LogP contribution in [0.15, 0.2) is 27.8 Å². The van der Waals surface area contributed by atoms with Crippen LogP contribution in [-0.2, 0) is 4.79 Å². The van der Waals surface area contributed by atoms with Crippen molar-refractivity contribution in [1.82, 2.24) is 0 Å². The molecule has 1 aliphatic heterocycles. The maximum atomic E-state index is 11.5. The van der Waals surface area contributed by atoms with Crippen LogP contribution in [0.25, 0.3) is 0 Å². The van der Waals surface area contributed by atoms with Crippen LogP contribution in [0.4, 0.5) is 5.69 Å². The summed E-state index contributed by atoms with van der Waals surface area (Å²) in [7, 11) is 0. The molecule has 0 saturated heterocycles. The summed E-state index contributed by atoms with van der Waals surface area (Å²) < 4.78 is 0.901. The summed E-state index contributed by atoms with van der Waals surface area (Å²) in [5, 5.41) is 12.2. The molecule has 1 N–H and O–H groups in total. The van der Waals surface area contributed by atoms with Gasteiger partial charge in [0, 0.05) is 29.9 Å². The minimum atomic E-state index is 0.000521. The molecular formula is C11H11BrN2O2. The molecule has 0 unspecified atom stereocenters. The molecule has 0 radical (unpaired) electrons. The van der Waals surface area contributed by atoms with Gasteiger partial charge in [-0.25, -0.2) is 0 Å². The van der Waals surface area contributed by atoms with E-state index in [0.717, 1.165) is 15.7 Å². The summed E-state index contributed by atoms with van der Waals surface area (Å²) in [5.74, 6) is 0.000521. The van der Waals surface area contributed by atoms with Gasteiger partial charge in [-0.2, -0.15) is 0 Å². The number of rotatable bonds is 0. The second kappa shape index (κ2) is 4.25. The van der Waals surface area contributed by atoms with Crippen LogP contribution >= 0.6 is 15.9 Å². The Balaban J connectivity index is 2.57. The molecule has 1 aliphatic rings. The lowest BCUT2D eigenvalue weighted by atomic mass is 10.00. The van der Waals surface area contributed by atoms with E-state index >= 15 is 0 Å². The molecule has 0 atom stereocenters. The van der Waals surface area contributed by atoms with Crippen LogP contribution in [0, 0.1) is 0 Å². The van der Waals surface area contributed by atoms with Gasteiger partial charge >= 0.3 is 0 Å². The average Bonchev–Trinajstić information content (AvgIpc) is 2.27. The van der Waals surface area contributed by atoms with E-state index in [1.807, 2.05) is 18.2 Å². The number of anilines is 1. The zero-order valence-electron chi connectivity index (χ0n) is 8.77. The molecule has 0 aliphatic carbocycles. The Labute approximate surface area is 102 Å². The second-order valence-corrected chi connectivity index (χ2v) is 4.54. The van der Waals surface area contributed by atoms with Gasteiger partial charge in [-0.05, 0) is 18.2 Å². The largest absolute Gasteiger partial charge is 0.411 e. The molecule has 1 aromatic rings. The first kappa shape index (κ1) is 11.1. The summed E-state index contributed by atoms with van der Waals surface area (Å²) in [6.07, 6.45) is 0.569. The van der Waals surface area contributed by atoms with Crippen molar-refractivity contribution in [2.45, 2.75) is 13.3 Å². The van der Waals surface area contributed by atoms with Crippen molar-refractivity contribution >= 4 is 33.2 Å². The van der Waals surface area contributed by atoms with Gasteiger partial charge in [-0.1, -0.05) is 21.1 Å². The average molecular weight is 283 g/mol. The molecule has 16 heavy (non-hydrogen) atoms. The molecule has 2 rings (SSSR count). The number of fused-ring (bicyclic) bond motifs is 1. The number of hydrogen-bond acceptors (Lipinski definition) is 3. The fourth-order valence-corrected chi connectivity index (χ4v) is 2.24. The van der Waals surface area contributed by atoms with Crippen LogP contribution < -0.4 is 4.90 Å². The Morgan fingerprint density at radius 3 is 2.94 bits per heavy atom. The monoisotopic (exact) mass is 282 g/mol. The van der Waals surface area contributed by atoms with E-state index in [4.69, 9.17) is 5.21 Å². The summed E-state index contributed by atoms with van der Waals surface area (Å²) in [6, 6.07) is 5.58. The molecule has 0 aromatic heterocycles. The van der Waals surface area contributed by atoms with Crippen molar-refractivity contribution in [2.75, 3.05) is 11.4 Å². The molecule has 1 heterocycles. The van der Waals surface area contributed by atoms with Gasteiger partial charge in [0.15, 0.2) is 0 Å². The second-order valence-electron chi connectivity index (χ2n) is 3.63. The highest BCUT2D eigenvalue weighted by Crippen LogP contribution is 2.30. The highest BCUT2D eigenvalue weighted by molar-refractivity contribution is 9.10. The van der Waals surface area contributed by atoms with Gasteiger partial charge in [0.1, 0.15) is 0 Å². The lowest BCUT2D eigenvalue weighted by Crippen LogP contribution is -2.35. The van der Waals surface area contributed by atoms with Crippen LogP contribution in [0.1, 0.15) is 18.9 Å². The third-order valence-electron chi connectivity index (χ3n) is 2.63. The maximum Gasteiger partial charge on any atom is 0.223 e. The minimum absolute atomic E-state index is 0.000521. The van der Waals surface area contributed by atoms with Crippen LogP contribution in [0.5, 0.6) is 0 Å². The van der Waals surface area contributed by atoms with Gasteiger partial charge in [0.05, 0.1) is 11.4 Å². The van der Waals surface area contributed by atoms with Crippen LogP contribution in [0.3, 0.4) is 0 Å². The molecule has 0 fully saturated rings. The molecule has 5 heteroatoms. The molecule has 1 aromatic carbocycles. The first-order chi connectivity index (χ1) is 7.63. The van der Waals surface area contributed by atoms with Crippen LogP contribution in [-0.4, -0.2) is 23.4 Å². The normalized spacial score (nSPS) is 17.4. The lowest BCUT2D eigenvalue weighted by molar-refractivity contribution is -0.116. The Kier molecular flexibility index (Phi) is 2.96. The number of hydrogen-bond donors (Lipinski definition) is 1. The molecular weight excluding hydrogens is 272 g/mol. The van der Waals surface area contributed by atoms with E-state index in [2.05, 4.69) is 21.1 Å². The number of benzene rings is 1. The minimum Gasteiger partial charge on any atom is -0.411 e. The zero-order chi connectivity index (χ0) is 11.7. The standard InChI is InChI=1S/C11H11BrN2O2/c1-7(15)14-5-4-10(13-16)9-6-8(12)2-3-11(9)14/h2-3,6,16H,4-5H2,1H3. The van der Waals surface area contributed by atoms with Crippen molar-refractivity contribution in [2.24, 2.45) is 5.16 Å². The fraction of sp³-hybridized carbons (Fsp3) is 0.273. The fourth-order valence-electron chi connectivity index (χ4n) is 1.88. The van der Waals surface area contributed by atoms with E-state index in [1.165, 1.54) is 6.92 Å². The Bertz CT molecular complexity index is 471. The summed E-state index contributed by atoms with van der Waals surface area (Å²) >= 11 is 3.36. The molecule has 0 spiro atoms. The van der Waals surface area contributed by atoms with Crippen molar-refractivity contribution < 1.29 is 10.0 Å². The number of carbonyl (C=O) groups excluding carboxylic acids is 1. The first-order valence-corrected chi connectivity index (χ1v) is 5.71. The Morgan fingerprint density at radius 1 is 1.56 bits per heavy atom. The smallest absolute Gasteiger partial charge is 0.223 e. The van der Waals surface area contributed by atoms with Gasteiger partial charge in [-0.3, -0.25) is 4.79 Å². The van der Waals surface area contributed by atoms with Gasteiger partial charge in [0.25, 0.3) is 0 Å². The predicted octanol–water partition coefficient (Wildman–Crippen LogP) is 2.38. The quantitative estimate of drug-likeness (QED) is 0.587. The van der Waals surface area contributed by atoms with Crippen LogP contribution in [0.2, 0.25) is 0 Å². The zero-order valence-corrected chi connectivity index (χ0v) is 10.4. The molecule has 84 valence electrons. The maximum absolute atomic E-state index is 11.5. The van der Waals surface area contributed by atoms with Crippen molar-refractivity contribution in [3.8, 4) is 0 Å². The Hall–Kier alpha value is -1.36. The third kappa shape index (κ3) is 1.82. The third-order valence-corrected chi connectivity index (χ3v) is 3.13. The number of carbonyl (C=O) groups is 1. The van der Waals surface area contributed by atoms with E-state index in [0.29, 0.717) is 18.7 Å². The highest BCUT2D eigenvalue weighted by Gasteiger charge is 2.24. The molecule has 4 nitrogen and oxygen atoms in total. The summed E-state index contributed by atoms with van der Waals surface area (Å²) in [6.45, 7) is 2.09.